The number of nitrogens with one attached hydrogen (secondary N) is 3. The van der Waals surface area contributed by atoms with Gasteiger partial charge in [0, 0.05) is 49.6 Å². The SMILES string of the molecule is CCS(=O)ONS(=O)(=O)c1cccc2c3nc4nc(nc5[nH]c(nc6nc(nc([nH]3)c12)-c1ccccc1-6)c1ccccc51)-c1ccccc1-4.[AlH3]. The van der Waals surface area contributed by atoms with E-state index in [4.69, 9.17) is 34.2 Å². The minimum atomic E-state index is -4.34. The van der Waals surface area contributed by atoms with E-state index in [1.807, 2.05) is 77.7 Å². The second kappa shape index (κ2) is 12.3. The Kier molecular flexibility index (Phi) is 7.87. The maximum Gasteiger partial charge on any atom is 0.264 e. The van der Waals surface area contributed by atoms with Crippen LogP contribution >= 0.6 is 0 Å². The molecule has 13 nitrogen and oxygen atoms in total. The molecule has 4 aromatic carbocycles. The Bertz CT molecular complexity index is 2830. The normalized spacial score (nSPS) is 12.7. The third kappa shape index (κ3) is 5.21. The summed E-state index contributed by atoms with van der Waals surface area (Å²) in [6.45, 7) is 1.61. The minimum Gasteiger partial charge on any atom is -0.324 e. The van der Waals surface area contributed by atoms with Crippen LogP contribution in [0.15, 0.2) is 95.9 Å². The molecule has 2 aliphatic heterocycles. The lowest BCUT2D eigenvalue weighted by atomic mass is 10.1. The van der Waals surface area contributed by atoms with Crippen LogP contribution in [-0.4, -0.2) is 75.6 Å². The van der Waals surface area contributed by atoms with Crippen LogP contribution in [0, 0.1) is 0 Å². The van der Waals surface area contributed by atoms with E-state index in [1.54, 1.807) is 19.1 Å². The molecule has 1 unspecified atom stereocenters. The smallest absolute Gasteiger partial charge is 0.264 e. The topological polar surface area (TPSA) is 181 Å². The molecule has 0 aliphatic carbocycles. The first-order chi connectivity index (χ1) is 23.9. The lowest BCUT2D eigenvalue weighted by Gasteiger charge is -2.07. The van der Waals surface area contributed by atoms with Gasteiger partial charge in [0.15, 0.2) is 51.7 Å². The Hall–Kier alpha value is -5.21. The molecule has 2 aliphatic rings. The molecule has 0 fully saturated rings. The van der Waals surface area contributed by atoms with Crippen molar-refractivity contribution in [3.05, 3.63) is 91.0 Å². The largest absolute Gasteiger partial charge is 0.324 e. The fraction of sp³-hybridized carbons (Fsp3) is 0.0588. The monoisotopic (exact) mass is 715 g/mol. The van der Waals surface area contributed by atoms with Crippen LogP contribution < -0.4 is 4.89 Å². The fourth-order valence-electron chi connectivity index (χ4n) is 6.07. The molecule has 0 saturated carbocycles. The van der Waals surface area contributed by atoms with Crippen molar-refractivity contribution < 1.29 is 16.9 Å². The Balaban J connectivity index is 0.00000361. The first kappa shape index (κ1) is 32.0. The molecule has 7 aromatic rings. The molecular weight excluding hydrogens is 690 g/mol. The van der Waals surface area contributed by atoms with Crippen molar-refractivity contribution in [1.29, 1.82) is 0 Å². The molecule has 9 rings (SSSR count). The summed E-state index contributed by atoms with van der Waals surface area (Å²) in [5, 5.41) is 2.40. The zero-order chi connectivity index (χ0) is 33.3. The van der Waals surface area contributed by atoms with E-state index >= 15 is 0 Å². The molecule has 0 amide bonds. The molecule has 5 heterocycles. The Labute approximate surface area is 297 Å². The maximum absolute atomic E-state index is 13.6. The van der Waals surface area contributed by atoms with Gasteiger partial charge in [0.2, 0.25) is 0 Å². The van der Waals surface area contributed by atoms with Gasteiger partial charge in [-0.3, -0.25) is 0 Å². The van der Waals surface area contributed by atoms with Crippen molar-refractivity contribution in [2.45, 2.75) is 11.8 Å². The summed E-state index contributed by atoms with van der Waals surface area (Å²) < 4.78 is 44.2. The van der Waals surface area contributed by atoms with E-state index in [9.17, 15) is 12.6 Å². The highest BCUT2D eigenvalue weighted by molar-refractivity contribution is 7.90. The molecule has 50 heavy (non-hydrogen) atoms. The first-order valence-electron chi connectivity index (χ1n) is 15.2. The molecular formula is C34H26AlN9O4S2. The number of sulfonamides is 1. The van der Waals surface area contributed by atoms with E-state index in [1.165, 1.54) is 6.07 Å². The number of aromatic nitrogens is 8. The van der Waals surface area contributed by atoms with Gasteiger partial charge in [0.1, 0.15) is 22.6 Å². The lowest BCUT2D eigenvalue weighted by Crippen LogP contribution is -2.25. The molecule has 3 aromatic heterocycles. The van der Waals surface area contributed by atoms with Crippen LogP contribution in [-0.2, 0) is 25.4 Å². The highest BCUT2D eigenvalue weighted by atomic mass is 32.2. The minimum absolute atomic E-state index is 0. The predicted octanol–water partition coefficient (Wildman–Crippen LogP) is 4.58. The van der Waals surface area contributed by atoms with E-state index < -0.39 is 21.1 Å². The van der Waals surface area contributed by atoms with Gasteiger partial charge in [0.05, 0.1) is 4.90 Å². The van der Waals surface area contributed by atoms with Crippen LogP contribution in [0.3, 0.4) is 0 Å². The van der Waals surface area contributed by atoms with Gasteiger partial charge in [-0.1, -0.05) is 96.7 Å². The summed E-state index contributed by atoms with van der Waals surface area (Å²) in [4.78, 5) is 38.0. The summed E-state index contributed by atoms with van der Waals surface area (Å²) >= 11 is -1.86. The van der Waals surface area contributed by atoms with Crippen LogP contribution in [0.2, 0.25) is 0 Å². The average Bonchev–Trinajstić information content (AvgIpc) is 3.86. The fourth-order valence-corrected chi connectivity index (χ4v) is 7.67. The molecule has 246 valence electrons. The van der Waals surface area contributed by atoms with Crippen molar-refractivity contribution in [2.75, 3.05) is 5.75 Å². The number of hydrogen-bond acceptors (Lipinski definition) is 10. The Morgan fingerprint density at radius 3 is 1.52 bits per heavy atom. The molecule has 16 heteroatoms. The van der Waals surface area contributed by atoms with Crippen molar-refractivity contribution >= 4 is 82.6 Å². The summed E-state index contributed by atoms with van der Waals surface area (Å²) in [5.41, 5.74) is 4.64. The summed E-state index contributed by atoms with van der Waals surface area (Å²) in [6, 6.07) is 27.8. The predicted molar refractivity (Wildman–Crippen MR) is 196 cm³/mol. The van der Waals surface area contributed by atoms with Gasteiger partial charge in [-0.2, -0.15) is 4.28 Å². The van der Waals surface area contributed by atoms with Gasteiger partial charge in [-0.15, -0.1) is 0 Å². The molecule has 3 N–H and O–H groups in total. The summed E-state index contributed by atoms with van der Waals surface area (Å²) in [6.07, 6.45) is 0. The van der Waals surface area contributed by atoms with Crippen molar-refractivity contribution in [3.8, 4) is 45.6 Å². The van der Waals surface area contributed by atoms with Crippen LogP contribution in [0.1, 0.15) is 6.92 Å². The highest BCUT2D eigenvalue weighted by Crippen LogP contribution is 2.37. The zero-order valence-electron chi connectivity index (χ0n) is 25.5. The second-order valence-corrected chi connectivity index (χ2v) is 14.2. The van der Waals surface area contributed by atoms with Gasteiger partial charge in [-0.25, -0.2) is 42.5 Å². The average molecular weight is 716 g/mol. The van der Waals surface area contributed by atoms with E-state index in [0.29, 0.717) is 51.2 Å². The number of aromatic amines is 2. The van der Waals surface area contributed by atoms with Crippen molar-refractivity contribution in [3.63, 3.8) is 0 Å². The van der Waals surface area contributed by atoms with Crippen LogP contribution in [0.4, 0.5) is 0 Å². The number of H-pyrrole nitrogens is 2. The number of hydrogen-bond donors (Lipinski definition) is 3. The molecule has 8 bridgehead atoms. The third-order valence-electron chi connectivity index (χ3n) is 8.30. The van der Waals surface area contributed by atoms with Crippen LogP contribution in [0.25, 0.3) is 89.7 Å². The second-order valence-electron chi connectivity index (χ2n) is 11.2. The zero-order valence-corrected chi connectivity index (χ0v) is 27.1. The van der Waals surface area contributed by atoms with Crippen molar-refractivity contribution in [2.24, 2.45) is 0 Å². The summed E-state index contributed by atoms with van der Waals surface area (Å²) in [7, 11) is -4.34. The number of fused-ring (bicyclic) bond motifs is 20. The van der Waals surface area contributed by atoms with Gasteiger partial charge in [0.25, 0.3) is 10.0 Å². The number of benzene rings is 4. The quantitative estimate of drug-likeness (QED) is 0.169. The number of rotatable bonds is 5. The van der Waals surface area contributed by atoms with E-state index in [2.05, 4.69) is 9.97 Å². The number of nitrogens with zero attached hydrogens (tertiary/aromatic N) is 6. The molecule has 0 radical (unpaired) electrons. The summed E-state index contributed by atoms with van der Waals surface area (Å²) in [5.74, 6) is 1.67. The molecule has 0 spiro atoms. The maximum atomic E-state index is 13.6. The van der Waals surface area contributed by atoms with Gasteiger partial charge >= 0.3 is 0 Å². The van der Waals surface area contributed by atoms with Gasteiger partial charge < -0.3 is 9.97 Å². The standard InChI is InChI=1S/C34H23N9O4S2.Al.3H/c1-2-48(44)47-43-49(45,46)25-17-9-16-24-26(25)34-41-32-23-15-8-7-14-22(23)30(39-32)37-28-19-11-4-3-10-18(19)27(35-28)36-29-20-12-5-6-13-21(20)31(38-29)40-33(24)42-34;;;;/h3-17,43H,2H2,1H3,(H2,35,36,37,38,39,40,41,42);;;;. The Morgan fingerprint density at radius 2 is 1.02 bits per heavy atom. The Morgan fingerprint density at radius 1 is 0.600 bits per heavy atom. The van der Waals surface area contributed by atoms with E-state index in [0.717, 1.165) is 27.5 Å². The third-order valence-corrected chi connectivity index (χ3v) is 10.4. The lowest BCUT2D eigenvalue weighted by molar-refractivity contribution is 0.299. The van der Waals surface area contributed by atoms with Gasteiger partial charge in [-0.05, 0) is 6.07 Å². The highest BCUT2D eigenvalue weighted by Gasteiger charge is 2.25. The first-order valence-corrected chi connectivity index (χ1v) is 17.9. The molecule has 0 saturated heterocycles. The van der Waals surface area contributed by atoms with E-state index in [-0.39, 0.29) is 39.0 Å². The molecule has 1 atom stereocenters. The van der Waals surface area contributed by atoms with Crippen LogP contribution in [0.5, 0.6) is 0 Å². The van der Waals surface area contributed by atoms with Crippen molar-refractivity contribution in [1.82, 2.24) is 44.8 Å².